The molecule has 0 saturated carbocycles. The van der Waals surface area contributed by atoms with Crippen molar-refractivity contribution in [2.24, 2.45) is 4.99 Å². The second-order valence-electron chi connectivity index (χ2n) is 3.52. The molecule has 1 aromatic carbocycles. The Kier molecular flexibility index (Phi) is 2.98. The van der Waals surface area contributed by atoms with E-state index in [1.807, 2.05) is 19.1 Å². The van der Waals surface area contributed by atoms with Crippen molar-refractivity contribution in [3.05, 3.63) is 29.8 Å². The van der Waals surface area contributed by atoms with Crippen LogP contribution in [0.5, 0.6) is 5.75 Å². The summed E-state index contributed by atoms with van der Waals surface area (Å²) in [4.78, 5) is 4.39. The lowest BCUT2D eigenvalue weighted by molar-refractivity contribution is 0.268. The van der Waals surface area contributed by atoms with Crippen molar-refractivity contribution in [2.75, 3.05) is 6.61 Å². The van der Waals surface area contributed by atoms with Crippen LogP contribution in [0.1, 0.15) is 12.5 Å². The molecule has 3 nitrogen and oxygen atoms in total. The van der Waals surface area contributed by atoms with Gasteiger partial charge in [0.1, 0.15) is 10.8 Å². The zero-order chi connectivity index (χ0) is 10.8. The smallest absolute Gasteiger partial charge is 0.125 e. The fraction of sp³-hybridized carbons (Fsp3) is 0.364. The van der Waals surface area contributed by atoms with Gasteiger partial charge in [0.2, 0.25) is 0 Å². The van der Waals surface area contributed by atoms with Gasteiger partial charge < -0.3 is 10.2 Å². The maximum Gasteiger partial charge on any atom is 0.125 e. The fourth-order valence-corrected chi connectivity index (χ4v) is 2.67. The van der Waals surface area contributed by atoms with E-state index in [1.165, 1.54) is 0 Å². The maximum atomic E-state index is 9.66. The molecule has 1 aliphatic rings. The molecule has 0 aliphatic carbocycles. The molecule has 1 aromatic rings. The van der Waals surface area contributed by atoms with E-state index < -0.39 is 0 Å². The van der Waals surface area contributed by atoms with Crippen LogP contribution in [0.2, 0.25) is 0 Å². The summed E-state index contributed by atoms with van der Waals surface area (Å²) in [6.07, 6.45) is 0. The highest BCUT2D eigenvalue weighted by atomic mass is 32.2. The normalized spacial score (nSPS) is 25.3. The van der Waals surface area contributed by atoms with Crippen molar-refractivity contribution in [3.8, 4) is 5.75 Å². The van der Waals surface area contributed by atoms with Gasteiger partial charge in [-0.1, -0.05) is 19.1 Å². The molecule has 0 saturated heterocycles. The third-order valence-electron chi connectivity index (χ3n) is 2.44. The van der Waals surface area contributed by atoms with Crippen molar-refractivity contribution in [3.63, 3.8) is 0 Å². The number of aliphatic hydroxyl groups excluding tert-OH is 1. The van der Waals surface area contributed by atoms with Crippen LogP contribution < -0.4 is 0 Å². The van der Waals surface area contributed by atoms with E-state index in [9.17, 15) is 5.11 Å². The summed E-state index contributed by atoms with van der Waals surface area (Å²) < 4.78 is 0. The number of aliphatic hydroxyl groups is 1. The highest BCUT2D eigenvalue weighted by Gasteiger charge is 2.27. The van der Waals surface area contributed by atoms with Gasteiger partial charge in [-0.15, -0.1) is 11.8 Å². The molecule has 2 rings (SSSR count). The van der Waals surface area contributed by atoms with Crippen LogP contribution in [-0.4, -0.2) is 33.2 Å². The Labute approximate surface area is 92.9 Å². The number of phenols is 1. The van der Waals surface area contributed by atoms with Crippen molar-refractivity contribution in [2.45, 2.75) is 18.2 Å². The number of rotatable bonds is 2. The maximum absolute atomic E-state index is 9.66. The summed E-state index contributed by atoms with van der Waals surface area (Å²) in [5.74, 6) is 0.245. The van der Waals surface area contributed by atoms with E-state index in [0.29, 0.717) is 0 Å². The quantitative estimate of drug-likeness (QED) is 0.801. The van der Waals surface area contributed by atoms with E-state index in [0.717, 1.165) is 10.6 Å². The largest absolute Gasteiger partial charge is 0.507 e. The zero-order valence-electron chi connectivity index (χ0n) is 8.42. The van der Waals surface area contributed by atoms with Crippen molar-refractivity contribution in [1.29, 1.82) is 0 Å². The number of thioether (sulfide) groups is 1. The minimum atomic E-state index is -0.0513. The monoisotopic (exact) mass is 223 g/mol. The van der Waals surface area contributed by atoms with E-state index in [-0.39, 0.29) is 23.6 Å². The molecular weight excluding hydrogens is 210 g/mol. The number of aliphatic imine (C=N–C) groups is 1. The minimum absolute atomic E-state index is 0.0513. The zero-order valence-corrected chi connectivity index (χ0v) is 9.24. The number of benzene rings is 1. The van der Waals surface area contributed by atoms with Crippen LogP contribution in [0.25, 0.3) is 0 Å². The van der Waals surface area contributed by atoms with Gasteiger partial charge in [0.25, 0.3) is 0 Å². The molecule has 0 bridgehead atoms. The summed E-state index contributed by atoms with van der Waals surface area (Å²) in [6.45, 7) is 2.09. The second-order valence-corrected chi connectivity index (χ2v) is 4.89. The van der Waals surface area contributed by atoms with Crippen LogP contribution >= 0.6 is 11.8 Å². The van der Waals surface area contributed by atoms with Crippen LogP contribution in [-0.2, 0) is 0 Å². The van der Waals surface area contributed by atoms with Crippen LogP contribution in [0.15, 0.2) is 29.3 Å². The molecule has 4 heteroatoms. The lowest BCUT2D eigenvalue weighted by Crippen LogP contribution is -2.17. The fourth-order valence-electron chi connectivity index (χ4n) is 1.52. The molecule has 0 aromatic heterocycles. The van der Waals surface area contributed by atoms with Gasteiger partial charge in [0.05, 0.1) is 12.6 Å². The molecule has 2 atom stereocenters. The summed E-state index contributed by atoms with van der Waals surface area (Å²) >= 11 is 1.60. The first-order chi connectivity index (χ1) is 7.22. The Morgan fingerprint density at radius 2 is 2.13 bits per heavy atom. The van der Waals surface area contributed by atoms with Gasteiger partial charge in [-0.2, -0.15) is 0 Å². The number of aromatic hydroxyl groups is 1. The average Bonchev–Trinajstić information content (AvgIpc) is 2.60. The highest BCUT2D eigenvalue weighted by Crippen LogP contribution is 2.32. The number of nitrogens with zero attached hydrogens (tertiary/aromatic N) is 1. The Balaban J connectivity index is 2.30. The van der Waals surface area contributed by atoms with Crippen molar-refractivity contribution < 1.29 is 10.2 Å². The van der Waals surface area contributed by atoms with E-state index in [1.54, 1.807) is 23.9 Å². The number of hydrogen-bond donors (Lipinski definition) is 2. The summed E-state index contributed by atoms with van der Waals surface area (Å²) in [7, 11) is 0. The van der Waals surface area contributed by atoms with Crippen LogP contribution in [0.3, 0.4) is 0 Å². The van der Waals surface area contributed by atoms with E-state index >= 15 is 0 Å². The van der Waals surface area contributed by atoms with Gasteiger partial charge in [-0.25, -0.2) is 0 Å². The first-order valence-corrected chi connectivity index (χ1v) is 5.74. The van der Waals surface area contributed by atoms with Crippen molar-refractivity contribution in [1.82, 2.24) is 0 Å². The minimum Gasteiger partial charge on any atom is -0.507 e. The Bertz CT molecular complexity index is 392. The molecule has 0 amide bonds. The lowest BCUT2D eigenvalue weighted by atomic mass is 10.2. The van der Waals surface area contributed by atoms with E-state index in [4.69, 9.17) is 5.11 Å². The molecule has 0 spiro atoms. The molecule has 0 radical (unpaired) electrons. The van der Waals surface area contributed by atoms with Gasteiger partial charge in [-0.05, 0) is 12.1 Å². The summed E-state index contributed by atoms with van der Waals surface area (Å²) in [5, 5.41) is 19.8. The van der Waals surface area contributed by atoms with Crippen LogP contribution in [0, 0.1) is 0 Å². The number of phenolic OH excluding ortho intramolecular Hbond substituents is 1. The molecule has 0 fully saturated rings. The predicted octanol–water partition coefficient (Wildman–Crippen LogP) is 1.64. The summed E-state index contributed by atoms with van der Waals surface area (Å²) in [5.41, 5.74) is 0.755. The second kappa shape index (κ2) is 4.24. The number of hydrogen-bond acceptors (Lipinski definition) is 4. The van der Waals surface area contributed by atoms with Crippen molar-refractivity contribution >= 4 is 16.8 Å². The Hall–Kier alpha value is -1.00. The van der Waals surface area contributed by atoms with Gasteiger partial charge in [-0.3, -0.25) is 4.99 Å². The molecule has 15 heavy (non-hydrogen) atoms. The average molecular weight is 223 g/mol. The topological polar surface area (TPSA) is 52.8 Å². The first kappa shape index (κ1) is 10.5. The van der Waals surface area contributed by atoms with E-state index in [2.05, 4.69) is 4.99 Å². The van der Waals surface area contributed by atoms with Crippen LogP contribution in [0.4, 0.5) is 0 Å². The van der Waals surface area contributed by atoms with Gasteiger partial charge >= 0.3 is 0 Å². The highest BCUT2D eigenvalue weighted by molar-refractivity contribution is 8.15. The molecular formula is C11H13NO2S. The third-order valence-corrected chi connectivity index (χ3v) is 3.68. The first-order valence-electron chi connectivity index (χ1n) is 4.86. The standard InChI is InChI=1S/C11H13NO2S/c1-7-9(6-13)12-11(15-7)8-4-2-3-5-10(8)14/h2-5,7,9,13-14H,6H2,1H3/t7-,9+/m1/s1. The lowest BCUT2D eigenvalue weighted by Gasteiger charge is -2.06. The van der Waals surface area contributed by atoms with Gasteiger partial charge in [0, 0.05) is 10.8 Å². The summed E-state index contributed by atoms with van der Waals surface area (Å²) in [6, 6.07) is 7.09. The Morgan fingerprint density at radius 3 is 2.73 bits per heavy atom. The predicted molar refractivity (Wildman–Crippen MR) is 62.6 cm³/mol. The molecule has 80 valence electrons. The molecule has 2 N–H and O–H groups in total. The third kappa shape index (κ3) is 2.01. The molecule has 1 heterocycles. The molecule has 1 aliphatic heterocycles. The number of para-hydroxylation sites is 1. The Morgan fingerprint density at radius 1 is 1.40 bits per heavy atom. The SMILES string of the molecule is C[C@H]1SC(c2ccccc2O)=N[C@H]1CO. The molecule has 0 unspecified atom stereocenters. The van der Waals surface area contributed by atoms with Gasteiger partial charge in [0.15, 0.2) is 0 Å².